The van der Waals surface area contributed by atoms with Crippen molar-refractivity contribution in [3.05, 3.63) is 75.1 Å². The molecule has 0 saturated heterocycles. The molecule has 0 atom stereocenters. The molecule has 6 heteroatoms. The number of benzene rings is 2. The molecule has 0 bridgehead atoms. The van der Waals surface area contributed by atoms with Gasteiger partial charge < -0.3 is 8.83 Å². The third-order valence-electron chi connectivity index (χ3n) is 5.20. The van der Waals surface area contributed by atoms with Crippen LogP contribution in [-0.4, -0.2) is 10.2 Å². The van der Waals surface area contributed by atoms with Gasteiger partial charge in [0.15, 0.2) is 0 Å². The summed E-state index contributed by atoms with van der Waals surface area (Å²) in [6, 6.07) is 13.7. The first-order valence-corrected chi connectivity index (χ1v) is 10.8. The molecule has 0 aliphatic carbocycles. The molecule has 4 rings (SSSR count). The minimum Gasteiger partial charge on any atom is -0.423 e. The lowest BCUT2D eigenvalue weighted by Crippen LogP contribution is -2.10. The van der Waals surface area contributed by atoms with Gasteiger partial charge in [0.2, 0.25) is 5.89 Å². The fourth-order valence-electron chi connectivity index (χ4n) is 3.24. The van der Waals surface area contributed by atoms with Crippen LogP contribution in [-0.2, 0) is 11.2 Å². The predicted molar refractivity (Wildman–Crippen MR) is 120 cm³/mol. The van der Waals surface area contributed by atoms with Gasteiger partial charge in [-0.25, -0.2) is 4.79 Å². The van der Waals surface area contributed by atoms with Crippen LogP contribution in [0.1, 0.15) is 43.0 Å². The van der Waals surface area contributed by atoms with Crippen LogP contribution in [0.4, 0.5) is 0 Å². The Labute approximate surface area is 179 Å². The first kappa shape index (κ1) is 20.4. The Balaban J connectivity index is 1.55. The standard InChI is InChI=1S/C24H24N2O3S/c1-14-10-19-17(12-21(27)28-20(19)11-15(14)2)13-30-23-26-25-22(29-23)16-6-8-18(9-7-16)24(3,4)5/h6-12H,13H2,1-5H3. The van der Waals surface area contributed by atoms with E-state index in [1.165, 1.54) is 23.4 Å². The molecule has 2 aromatic carbocycles. The van der Waals surface area contributed by atoms with Crippen LogP contribution in [0.2, 0.25) is 0 Å². The molecule has 0 amide bonds. The van der Waals surface area contributed by atoms with Crippen LogP contribution in [0.25, 0.3) is 22.4 Å². The Hall–Kier alpha value is -2.86. The van der Waals surface area contributed by atoms with Crippen molar-refractivity contribution in [2.45, 2.75) is 51.0 Å². The minimum absolute atomic E-state index is 0.0937. The highest BCUT2D eigenvalue weighted by atomic mass is 32.2. The predicted octanol–water partition coefficient (Wildman–Crippen LogP) is 6.05. The molecule has 154 valence electrons. The highest BCUT2D eigenvalue weighted by Crippen LogP contribution is 2.30. The van der Waals surface area contributed by atoms with E-state index in [1.807, 2.05) is 32.0 Å². The monoisotopic (exact) mass is 420 g/mol. The topological polar surface area (TPSA) is 69.1 Å². The second-order valence-corrected chi connectivity index (χ2v) is 9.44. The molecular formula is C24H24N2O3S. The lowest BCUT2D eigenvalue weighted by Gasteiger charge is -2.18. The number of nitrogens with zero attached hydrogens (tertiary/aromatic N) is 2. The average molecular weight is 421 g/mol. The van der Waals surface area contributed by atoms with Gasteiger partial charge in [-0.2, -0.15) is 0 Å². The molecule has 2 aromatic heterocycles. The lowest BCUT2D eigenvalue weighted by atomic mass is 9.87. The van der Waals surface area contributed by atoms with Gasteiger partial charge in [0.25, 0.3) is 5.22 Å². The Morgan fingerprint density at radius 2 is 1.63 bits per heavy atom. The maximum atomic E-state index is 12.0. The van der Waals surface area contributed by atoms with Gasteiger partial charge in [0, 0.05) is 22.8 Å². The van der Waals surface area contributed by atoms with Gasteiger partial charge >= 0.3 is 5.63 Å². The van der Waals surface area contributed by atoms with E-state index < -0.39 is 0 Å². The maximum Gasteiger partial charge on any atom is 0.336 e. The smallest absolute Gasteiger partial charge is 0.336 e. The van der Waals surface area contributed by atoms with Gasteiger partial charge in [-0.1, -0.05) is 44.7 Å². The first-order chi connectivity index (χ1) is 14.2. The number of fused-ring (bicyclic) bond motifs is 1. The molecular weight excluding hydrogens is 396 g/mol. The zero-order chi connectivity index (χ0) is 21.5. The average Bonchev–Trinajstić information content (AvgIpc) is 3.16. The minimum atomic E-state index is -0.355. The van der Waals surface area contributed by atoms with E-state index in [0.29, 0.717) is 22.4 Å². The van der Waals surface area contributed by atoms with Crippen LogP contribution >= 0.6 is 11.8 Å². The number of aromatic nitrogens is 2. The zero-order valence-electron chi connectivity index (χ0n) is 17.8. The number of thioether (sulfide) groups is 1. The molecule has 0 saturated carbocycles. The highest BCUT2D eigenvalue weighted by molar-refractivity contribution is 7.98. The van der Waals surface area contributed by atoms with E-state index in [4.69, 9.17) is 8.83 Å². The largest absolute Gasteiger partial charge is 0.423 e. The van der Waals surface area contributed by atoms with E-state index in [9.17, 15) is 4.79 Å². The van der Waals surface area contributed by atoms with Crippen molar-refractivity contribution in [2.24, 2.45) is 0 Å². The molecule has 0 aliphatic heterocycles. The Bertz CT molecular complexity index is 1260. The van der Waals surface area contributed by atoms with E-state index in [0.717, 1.165) is 27.6 Å². The fourth-order valence-corrected chi connectivity index (χ4v) is 3.99. The highest BCUT2D eigenvalue weighted by Gasteiger charge is 2.15. The lowest BCUT2D eigenvalue weighted by molar-refractivity contribution is 0.465. The molecule has 0 N–H and O–H groups in total. The molecule has 2 heterocycles. The first-order valence-electron chi connectivity index (χ1n) is 9.82. The summed E-state index contributed by atoms with van der Waals surface area (Å²) in [5.41, 5.74) is 5.62. The third-order valence-corrected chi connectivity index (χ3v) is 6.07. The van der Waals surface area contributed by atoms with Gasteiger partial charge in [-0.15, -0.1) is 10.2 Å². The van der Waals surface area contributed by atoms with Crippen molar-refractivity contribution < 1.29 is 8.83 Å². The number of rotatable bonds is 4. The van der Waals surface area contributed by atoms with E-state index in [2.05, 4.69) is 49.2 Å². The Kier molecular flexibility index (Phi) is 5.28. The second kappa shape index (κ2) is 7.76. The van der Waals surface area contributed by atoms with Gasteiger partial charge in [-0.3, -0.25) is 0 Å². The van der Waals surface area contributed by atoms with Crippen LogP contribution in [0.15, 0.2) is 61.3 Å². The van der Waals surface area contributed by atoms with Crippen molar-refractivity contribution >= 4 is 22.7 Å². The van der Waals surface area contributed by atoms with Crippen LogP contribution < -0.4 is 5.63 Å². The molecule has 5 nitrogen and oxygen atoms in total. The van der Waals surface area contributed by atoms with E-state index in [1.54, 1.807) is 0 Å². The molecule has 0 radical (unpaired) electrons. The molecule has 0 aliphatic rings. The Morgan fingerprint density at radius 3 is 2.33 bits per heavy atom. The van der Waals surface area contributed by atoms with Crippen molar-refractivity contribution in [2.75, 3.05) is 0 Å². The summed E-state index contributed by atoms with van der Waals surface area (Å²) in [7, 11) is 0. The SMILES string of the molecule is Cc1cc2oc(=O)cc(CSc3nnc(-c4ccc(C(C)(C)C)cc4)o3)c2cc1C. The maximum absolute atomic E-state index is 12.0. The summed E-state index contributed by atoms with van der Waals surface area (Å²) >= 11 is 1.41. The van der Waals surface area contributed by atoms with Crippen molar-refractivity contribution in [3.63, 3.8) is 0 Å². The fraction of sp³-hybridized carbons (Fsp3) is 0.292. The summed E-state index contributed by atoms with van der Waals surface area (Å²) < 4.78 is 11.2. The quantitative estimate of drug-likeness (QED) is 0.296. The molecule has 0 spiro atoms. The molecule has 4 aromatic rings. The van der Waals surface area contributed by atoms with Gasteiger partial charge in [0.05, 0.1) is 0 Å². The third kappa shape index (κ3) is 4.19. The van der Waals surface area contributed by atoms with Crippen molar-refractivity contribution in [1.82, 2.24) is 10.2 Å². The van der Waals surface area contributed by atoms with Gasteiger partial charge in [0.1, 0.15) is 5.58 Å². The van der Waals surface area contributed by atoms with Crippen LogP contribution in [0, 0.1) is 13.8 Å². The number of hydrogen-bond acceptors (Lipinski definition) is 6. The number of aryl methyl sites for hydroxylation is 2. The van der Waals surface area contributed by atoms with E-state index >= 15 is 0 Å². The summed E-state index contributed by atoms with van der Waals surface area (Å²) in [6.07, 6.45) is 0. The van der Waals surface area contributed by atoms with Crippen LogP contribution in [0.5, 0.6) is 0 Å². The Morgan fingerprint density at radius 1 is 0.933 bits per heavy atom. The summed E-state index contributed by atoms with van der Waals surface area (Å²) in [6.45, 7) is 10.6. The zero-order valence-corrected chi connectivity index (χ0v) is 18.6. The van der Waals surface area contributed by atoms with Crippen molar-refractivity contribution in [3.8, 4) is 11.5 Å². The molecule has 0 unspecified atom stereocenters. The molecule has 0 fully saturated rings. The summed E-state index contributed by atoms with van der Waals surface area (Å²) in [5, 5.41) is 9.74. The second-order valence-electron chi connectivity index (χ2n) is 8.51. The number of hydrogen-bond donors (Lipinski definition) is 0. The van der Waals surface area contributed by atoms with Gasteiger partial charge in [-0.05, 0) is 65.8 Å². The van der Waals surface area contributed by atoms with Crippen LogP contribution in [0.3, 0.4) is 0 Å². The normalized spacial score (nSPS) is 11.9. The summed E-state index contributed by atoms with van der Waals surface area (Å²) in [5.74, 6) is 1.02. The van der Waals surface area contributed by atoms with E-state index in [-0.39, 0.29) is 11.0 Å². The molecule has 30 heavy (non-hydrogen) atoms. The summed E-state index contributed by atoms with van der Waals surface area (Å²) in [4.78, 5) is 12.0. The van der Waals surface area contributed by atoms with Crippen molar-refractivity contribution in [1.29, 1.82) is 0 Å².